The van der Waals surface area contributed by atoms with Gasteiger partial charge in [-0.05, 0) is 55.6 Å². The van der Waals surface area contributed by atoms with Crippen molar-refractivity contribution in [2.24, 2.45) is 5.73 Å². The van der Waals surface area contributed by atoms with E-state index in [2.05, 4.69) is 4.90 Å². The zero-order valence-electron chi connectivity index (χ0n) is 14.4. The number of likely N-dealkylation sites (tertiary alicyclic amines) is 1. The third-order valence-electron chi connectivity index (χ3n) is 4.99. The minimum atomic E-state index is -0.571. The number of nitrogens with two attached hydrogens (primary N) is 1. The van der Waals surface area contributed by atoms with E-state index in [4.69, 9.17) is 10.2 Å². The van der Waals surface area contributed by atoms with Crippen LogP contribution in [0.15, 0.2) is 47.1 Å². The maximum Gasteiger partial charge on any atom is 0.248 e. The molecule has 2 atom stereocenters. The van der Waals surface area contributed by atoms with Gasteiger partial charge in [0, 0.05) is 18.2 Å². The Morgan fingerprint density at radius 1 is 1.24 bits per heavy atom. The van der Waals surface area contributed by atoms with Crippen molar-refractivity contribution in [3.63, 3.8) is 0 Å². The Labute approximate surface area is 148 Å². The molecule has 2 unspecified atom stereocenters. The van der Waals surface area contributed by atoms with Crippen LogP contribution in [0.25, 0.3) is 0 Å². The zero-order chi connectivity index (χ0) is 17.6. The van der Waals surface area contributed by atoms with Gasteiger partial charge in [0.05, 0.1) is 6.26 Å². The van der Waals surface area contributed by atoms with Gasteiger partial charge in [-0.15, -0.1) is 0 Å². The van der Waals surface area contributed by atoms with Crippen molar-refractivity contribution in [1.82, 2.24) is 4.90 Å². The molecule has 0 spiro atoms. The molecule has 1 aromatic carbocycles. The molecule has 2 aromatic rings. The normalized spacial score (nSPS) is 20.1. The second-order valence-electron chi connectivity index (χ2n) is 6.80. The first-order chi connectivity index (χ1) is 12.1. The quantitative estimate of drug-likeness (QED) is 0.844. The SMILES string of the molecule is NC(=O)c1ccc(CN2CCCCCC2CC(O)c2ccco2)cc1. The van der Waals surface area contributed by atoms with E-state index < -0.39 is 12.0 Å². The molecule has 1 amide bonds. The minimum absolute atomic E-state index is 0.318. The Kier molecular flexibility index (Phi) is 5.89. The molecule has 134 valence electrons. The molecule has 5 heteroatoms. The number of aliphatic hydroxyl groups is 1. The predicted octanol–water partition coefficient (Wildman–Crippen LogP) is 3.25. The summed E-state index contributed by atoms with van der Waals surface area (Å²) in [6.07, 6.45) is 6.37. The average molecular weight is 342 g/mol. The smallest absolute Gasteiger partial charge is 0.248 e. The van der Waals surface area contributed by atoms with Crippen molar-refractivity contribution < 1.29 is 14.3 Å². The van der Waals surface area contributed by atoms with Crippen LogP contribution in [0.4, 0.5) is 0 Å². The highest BCUT2D eigenvalue weighted by atomic mass is 16.4. The summed E-state index contributed by atoms with van der Waals surface area (Å²) in [6.45, 7) is 1.84. The van der Waals surface area contributed by atoms with Gasteiger partial charge < -0.3 is 15.3 Å². The summed E-state index contributed by atoms with van der Waals surface area (Å²) in [5, 5.41) is 10.5. The Hall–Kier alpha value is -2.11. The molecule has 3 rings (SSSR count). The van der Waals surface area contributed by atoms with Crippen LogP contribution in [0.2, 0.25) is 0 Å². The van der Waals surface area contributed by atoms with Gasteiger partial charge in [-0.2, -0.15) is 0 Å². The van der Waals surface area contributed by atoms with Crippen molar-refractivity contribution in [2.45, 2.75) is 50.8 Å². The first-order valence-corrected chi connectivity index (χ1v) is 8.98. The maximum atomic E-state index is 11.2. The Bertz CT molecular complexity index is 667. The lowest BCUT2D eigenvalue weighted by atomic mass is 10.0. The topological polar surface area (TPSA) is 79.7 Å². The lowest BCUT2D eigenvalue weighted by Gasteiger charge is -2.31. The average Bonchev–Trinajstić information content (AvgIpc) is 3.06. The standard InChI is InChI=1S/C20H26N2O3/c21-20(24)16-9-7-15(8-10-16)14-22-11-3-1-2-5-17(22)13-18(23)19-6-4-12-25-19/h4,6-10,12,17-18,23H,1-3,5,11,13-14H2,(H2,21,24). The van der Waals surface area contributed by atoms with Gasteiger partial charge in [-0.25, -0.2) is 0 Å². The Morgan fingerprint density at radius 2 is 2.04 bits per heavy atom. The van der Waals surface area contributed by atoms with Crippen molar-refractivity contribution in [1.29, 1.82) is 0 Å². The van der Waals surface area contributed by atoms with Crippen LogP contribution in [-0.2, 0) is 6.54 Å². The number of furan rings is 1. The molecule has 2 heterocycles. The van der Waals surface area contributed by atoms with Crippen LogP contribution in [0, 0.1) is 0 Å². The summed E-state index contributed by atoms with van der Waals surface area (Å²) in [6, 6.07) is 11.4. The number of hydrogen-bond donors (Lipinski definition) is 2. The van der Waals surface area contributed by atoms with Gasteiger partial charge in [-0.1, -0.05) is 25.0 Å². The number of carbonyl (C=O) groups excluding carboxylic acids is 1. The highest BCUT2D eigenvalue weighted by Gasteiger charge is 2.25. The summed E-state index contributed by atoms with van der Waals surface area (Å²) in [5.41, 5.74) is 6.99. The third kappa shape index (κ3) is 4.71. The van der Waals surface area contributed by atoms with E-state index in [1.807, 2.05) is 24.3 Å². The van der Waals surface area contributed by atoms with Gasteiger partial charge in [0.25, 0.3) is 0 Å². The molecule has 25 heavy (non-hydrogen) atoms. The summed E-state index contributed by atoms with van der Waals surface area (Å²) >= 11 is 0. The highest BCUT2D eigenvalue weighted by molar-refractivity contribution is 5.92. The van der Waals surface area contributed by atoms with E-state index >= 15 is 0 Å². The lowest BCUT2D eigenvalue weighted by Crippen LogP contribution is -2.35. The molecular formula is C20H26N2O3. The molecule has 0 aliphatic carbocycles. The number of benzene rings is 1. The number of carbonyl (C=O) groups is 1. The van der Waals surface area contributed by atoms with E-state index in [1.54, 1.807) is 18.4 Å². The first kappa shape index (κ1) is 17.7. The van der Waals surface area contributed by atoms with Gasteiger partial charge in [0.15, 0.2) is 0 Å². The van der Waals surface area contributed by atoms with Crippen LogP contribution < -0.4 is 5.73 Å². The monoisotopic (exact) mass is 342 g/mol. The van der Waals surface area contributed by atoms with Crippen molar-refractivity contribution in [3.8, 4) is 0 Å². The van der Waals surface area contributed by atoms with Crippen molar-refractivity contribution in [3.05, 3.63) is 59.5 Å². The number of hydrogen-bond acceptors (Lipinski definition) is 4. The van der Waals surface area contributed by atoms with Crippen molar-refractivity contribution in [2.75, 3.05) is 6.54 Å². The fraction of sp³-hybridized carbons (Fsp3) is 0.450. The largest absolute Gasteiger partial charge is 0.467 e. The maximum absolute atomic E-state index is 11.2. The number of nitrogens with zero attached hydrogens (tertiary/aromatic N) is 1. The molecule has 0 radical (unpaired) electrons. The van der Waals surface area contributed by atoms with Crippen LogP contribution >= 0.6 is 0 Å². The second kappa shape index (κ2) is 8.32. The fourth-order valence-corrected chi connectivity index (χ4v) is 3.58. The molecule has 5 nitrogen and oxygen atoms in total. The molecule has 0 bridgehead atoms. The Balaban J connectivity index is 1.68. The van der Waals surface area contributed by atoms with Gasteiger partial charge in [0.2, 0.25) is 5.91 Å². The van der Waals surface area contributed by atoms with Crippen molar-refractivity contribution >= 4 is 5.91 Å². The number of primary amides is 1. The summed E-state index contributed by atoms with van der Waals surface area (Å²) in [4.78, 5) is 13.7. The molecule has 1 aliphatic rings. The molecule has 1 aromatic heterocycles. The number of rotatable bonds is 6. The molecule has 1 aliphatic heterocycles. The summed E-state index contributed by atoms with van der Waals surface area (Å²) in [7, 11) is 0. The molecule has 0 saturated carbocycles. The number of aliphatic hydroxyl groups excluding tert-OH is 1. The van der Waals surface area contributed by atoms with E-state index in [-0.39, 0.29) is 0 Å². The van der Waals surface area contributed by atoms with Gasteiger partial charge in [0.1, 0.15) is 11.9 Å². The van der Waals surface area contributed by atoms with Gasteiger partial charge in [-0.3, -0.25) is 9.69 Å². The van der Waals surface area contributed by atoms with E-state index in [0.29, 0.717) is 23.8 Å². The molecule has 3 N–H and O–H groups in total. The minimum Gasteiger partial charge on any atom is -0.467 e. The van der Waals surface area contributed by atoms with E-state index in [9.17, 15) is 9.90 Å². The van der Waals surface area contributed by atoms with E-state index in [0.717, 1.165) is 25.1 Å². The predicted molar refractivity (Wildman–Crippen MR) is 95.9 cm³/mol. The first-order valence-electron chi connectivity index (χ1n) is 8.98. The van der Waals surface area contributed by atoms with Crippen LogP contribution in [0.1, 0.15) is 59.9 Å². The second-order valence-corrected chi connectivity index (χ2v) is 6.80. The van der Waals surface area contributed by atoms with Crippen LogP contribution in [0.5, 0.6) is 0 Å². The zero-order valence-corrected chi connectivity index (χ0v) is 14.4. The van der Waals surface area contributed by atoms with Crippen LogP contribution in [-0.4, -0.2) is 28.5 Å². The lowest BCUT2D eigenvalue weighted by molar-refractivity contribution is 0.0830. The fourth-order valence-electron chi connectivity index (χ4n) is 3.58. The Morgan fingerprint density at radius 3 is 2.72 bits per heavy atom. The molecule has 1 fully saturated rings. The summed E-state index contributed by atoms with van der Waals surface area (Å²) in [5.74, 6) is 0.232. The molecular weight excluding hydrogens is 316 g/mol. The summed E-state index contributed by atoms with van der Waals surface area (Å²) < 4.78 is 5.34. The number of amides is 1. The molecule has 1 saturated heterocycles. The van der Waals surface area contributed by atoms with E-state index in [1.165, 1.54) is 19.3 Å². The van der Waals surface area contributed by atoms with Crippen LogP contribution in [0.3, 0.4) is 0 Å². The highest BCUT2D eigenvalue weighted by Crippen LogP contribution is 2.27. The van der Waals surface area contributed by atoms with Gasteiger partial charge >= 0.3 is 0 Å². The third-order valence-corrected chi connectivity index (χ3v) is 4.99.